The number of benzene rings is 1. The molecule has 2 heterocycles. The van der Waals surface area contributed by atoms with Gasteiger partial charge < -0.3 is 11.1 Å². The molecule has 0 spiro atoms. The summed E-state index contributed by atoms with van der Waals surface area (Å²) >= 11 is 0. The Labute approximate surface area is 171 Å². The van der Waals surface area contributed by atoms with E-state index in [-0.39, 0.29) is 11.8 Å². The number of para-hydroxylation sites is 1. The van der Waals surface area contributed by atoms with Gasteiger partial charge in [-0.25, -0.2) is 4.68 Å². The van der Waals surface area contributed by atoms with Gasteiger partial charge in [-0.05, 0) is 44.0 Å². The lowest BCUT2D eigenvalue weighted by atomic mass is 9.74. The number of amides is 1. The second-order valence-corrected chi connectivity index (χ2v) is 8.04. The first-order valence-electron chi connectivity index (χ1n) is 10.2. The zero-order valence-electron chi connectivity index (χ0n) is 16.7. The van der Waals surface area contributed by atoms with E-state index in [0.717, 1.165) is 48.2 Å². The molecule has 6 nitrogen and oxygen atoms in total. The van der Waals surface area contributed by atoms with E-state index < -0.39 is 5.54 Å². The Kier molecular flexibility index (Phi) is 5.45. The molecule has 2 unspecified atom stereocenters. The van der Waals surface area contributed by atoms with Crippen LogP contribution < -0.4 is 11.1 Å². The van der Waals surface area contributed by atoms with Crippen LogP contribution in [-0.4, -0.2) is 26.2 Å². The standard InChI is InChI=1S/C23H27N5O/c1-23(24)12-6-5-9-20(23)22(29)26-15-18-16-28(19-7-3-2-4-8-19)27-21(18)17-10-13-25-14-11-17/h2-4,7-8,10-11,13-14,16,20H,5-6,9,12,15,24H2,1H3,(H,26,29). The van der Waals surface area contributed by atoms with Gasteiger partial charge in [0.25, 0.3) is 0 Å². The molecule has 0 saturated heterocycles. The molecule has 2 aromatic heterocycles. The van der Waals surface area contributed by atoms with Crippen LogP contribution in [-0.2, 0) is 11.3 Å². The lowest BCUT2D eigenvalue weighted by Gasteiger charge is -2.37. The Bertz CT molecular complexity index is 965. The van der Waals surface area contributed by atoms with Crippen molar-refractivity contribution in [3.05, 3.63) is 66.6 Å². The van der Waals surface area contributed by atoms with E-state index in [4.69, 9.17) is 10.8 Å². The second-order valence-electron chi connectivity index (χ2n) is 8.04. The van der Waals surface area contributed by atoms with Gasteiger partial charge in [0.05, 0.1) is 17.3 Å². The third-order valence-electron chi connectivity index (χ3n) is 5.79. The SMILES string of the molecule is CC1(N)CCCCC1C(=O)NCc1cn(-c2ccccc2)nc1-c1ccncc1. The minimum absolute atomic E-state index is 0.0304. The number of carbonyl (C=O) groups is 1. The summed E-state index contributed by atoms with van der Waals surface area (Å²) in [6.45, 7) is 2.40. The second kappa shape index (κ2) is 8.17. The summed E-state index contributed by atoms with van der Waals surface area (Å²) in [6.07, 6.45) is 9.36. The Morgan fingerprint density at radius 1 is 1.21 bits per heavy atom. The normalized spacial score (nSPS) is 21.7. The lowest BCUT2D eigenvalue weighted by Crippen LogP contribution is -2.52. The Hall–Kier alpha value is -2.99. The van der Waals surface area contributed by atoms with E-state index in [1.165, 1.54) is 0 Å². The molecule has 2 atom stereocenters. The number of pyridine rings is 1. The van der Waals surface area contributed by atoms with E-state index in [1.807, 2.05) is 60.3 Å². The minimum atomic E-state index is -0.440. The first-order valence-corrected chi connectivity index (χ1v) is 10.2. The van der Waals surface area contributed by atoms with Gasteiger partial charge in [0.15, 0.2) is 0 Å². The van der Waals surface area contributed by atoms with Gasteiger partial charge in [0, 0.05) is 41.8 Å². The molecular weight excluding hydrogens is 362 g/mol. The molecule has 150 valence electrons. The number of carbonyl (C=O) groups excluding carboxylic acids is 1. The number of nitrogens with zero attached hydrogens (tertiary/aromatic N) is 3. The van der Waals surface area contributed by atoms with Crippen LogP contribution in [0.2, 0.25) is 0 Å². The monoisotopic (exact) mass is 389 g/mol. The highest BCUT2D eigenvalue weighted by Gasteiger charge is 2.37. The molecule has 0 bridgehead atoms. The predicted octanol–water partition coefficient (Wildman–Crippen LogP) is 3.46. The van der Waals surface area contributed by atoms with E-state index in [1.54, 1.807) is 12.4 Å². The summed E-state index contributed by atoms with van der Waals surface area (Å²) in [5.74, 6) is -0.118. The highest BCUT2D eigenvalue weighted by molar-refractivity contribution is 5.80. The Morgan fingerprint density at radius 2 is 1.97 bits per heavy atom. The van der Waals surface area contributed by atoms with E-state index in [2.05, 4.69) is 10.3 Å². The van der Waals surface area contributed by atoms with Crippen molar-refractivity contribution in [2.24, 2.45) is 11.7 Å². The Balaban J connectivity index is 1.59. The molecule has 4 rings (SSSR count). The van der Waals surface area contributed by atoms with Crippen LogP contribution in [0.3, 0.4) is 0 Å². The van der Waals surface area contributed by atoms with E-state index in [9.17, 15) is 4.79 Å². The molecule has 1 saturated carbocycles. The summed E-state index contributed by atoms with van der Waals surface area (Å²) in [6, 6.07) is 13.8. The minimum Gasteiger partial charge on any atom is -0.352 e. The molecule has 1 aliphatic carbocycles. The molecule has 1 aromatic carbocycles. The third kappa shape index (κ3) is 4.22. The molecular formula is C23H27N5O. The number of nitrogens with two attached hydrogens (primary N) is 1. The van der Waals surface area contributed by atoms with Crippen LogP contribution >= 0.6 is 0 Å². The zero-order chi connectivity index (χ0) is 20.3. The number of hydrogen-bond donors (Lipinski definition) is 2. The van der Waals surface area contributed by atoms with Gasteiger partial charge in [-0.15, -0.1) is 0 Å². The summed E-state index contributed by atoms with van der Waals surface area (Å²) in [5, 5.41) is 7.89. The third-order valence-corrected chi connectivity index (χ3v) is 5.79. The summed E-state index contributed by atoms with van der Waals surface area (Å²) < 4.78 is 1.85. The summed E-state index contributed by atoms with van der Waals surface area (Å²) in [7, 11) is 0. The number of aromatic nitrogens is 3. The van der Waals surface area contributed by atoms with Crippen molar-refractivity contribution in [2.45, 2.75) is 44.7 Å². The van der Waals surface area contributed by atoms with Crippen molar-refractivity contribution in [3.8, 4) is 16.9 Å². The first-order chi connectivity index (χ1) is 14.0. The molecule has 1 amide bonds. The highest BCUT2D eigenvalue weighted by atomic mass is 16.1. The van der Waals surface area contributed by atoms with Crippen LogP contribution in [0.1, 0.15) is 38.2 Å². The zero-order valence-corrected chi connectivity index (χ0v) is 16.7. The smallest absolute Gasteiger partial charge is 0.225 e. The fourth-order valence-corrected chi connectivity index (χ4v) is 4.10. The molecule has 0 aliphatic heterocycles. The van der Waals surface area contributed by atoms with Gasteiger partial charge in [-0.1, -0.05) is 31.0 Å². The molecule has 1 aliphatic rings. The fraction of sp³-hybridized carbons (Fsp3) is 0.348. The molecule has 6 heteroatoms. The maximum Gasteiger partial charge on any atom is 0.225 e. The average molecular weight is 390 g/mol. The molecule has 29 heavy (non-hydrogen) atoms. The first kappa shape index (κ1) is 19.3. The molecule has 3 aromatic rings. The van der Waals surface area contributed by atoms with Crippen molar-refractivity contribution in [1.82, 2.24) is 20.1 Å². The summed E-state index contributed by atoms with van der Waals surface area (Å²) in [5.41, 5.74) is 9.72. The predicted molar refractivity (Wildman–Crippen MR) is 113 cm³/mol. The molecule has 0 radical (unpaired) electrons. The van der Waals surface area contributed by atoms with Crippen LogP contribution in [0.4, 0.5) is 0 Å². The molecule has 1 fully saturated rings. The van der Waals surface area contributed by atoms with Gasteiger partial charge >= 0.3 is 0 Å². The van der Waals surface area contributed by atoms with Gasteiger partial charge in [-0.3, -0.25) is 9.78 Å². The van der Waals surface area contributed by atoms with E-state index in [0.29, 0.717) is 6.54 Å². The highest BCUT2D eigenvalue weighted by Crippen LogP contribution is 2.32. The van der Waals surface area contributed by atoms with E-state index >= 15 is 0 Å². The van der Waals surface area contributed by atoms with Gasteiger partial charge in [0.1, 0.15) is 0 Å². The summed E-state index contributed by atoms with van der Waals surface area (Å²) in [4.78, 5) is 17.0. The number of rotatable bonds is 5. The maximum atomic E-state index is 12.9. The van der Waals surface area contributed by atoms with Gasteiger partial charge in [-0.2, -0.15) is 5.10 Å². The lowest BCUT2D eigenvalue weighted by molar-refractivity contribution is -0.128. The quantitative estimate of drug-likeness (QED) is 0.700. The van der Waals surface area contributed by atoms with Gasteiger partial charge in [0.2, 0.25) is 5.91 Å². The van der Waals surface area contributed by atoms with Crippen LogP contribution in [0, 0.1) is 5.92 Å². The number of hydrogen-bond acceptors (Lipinski definition) is 4. The topological polar surface area (TPSA) is 85.8 Å². The molecule has 3 N–H and O–H groups in total. The van der Waals surface area contributed by atoms with Crippen molar-refractivity contribution in [2.75, 3.05) is 0 Å². The maximum absolute atomic E-state index is 12.9. The van der Waals surface area contributed by atoms with Crippen molar-refractivity contribution in [3.63, 3.8) is 0 Å². The van der Waals surface area contributed by atoms with Crippen LogP contribution in [0.25, 0.3) is 16.9 Å². The van der Waals surface area contributed by atoms with Crippen molar-refractivity contribution >= 4 is 5.91 Å². The Morgan fingerprint density at radius 3 is 2.69 bits per heavy atom. The largest absolute Gasteiger partial charge is 0.352 e. The van der Waals surface area contributed by atoms with Crippen LogP contribution in [0.15, 0.2) is 61.1 Å². The van der Waals surface area contributed by atoms with Crippen molar-refractivity contribution < 1.29 is 4.79 Å². The average Bonchev–Trinajstić information content (AvgIpc) is 3.17. The fourth-order valence-electron chi connectivity index (χ4n) is 4.10. The van der Waals surface area contributed by atoms with Crippen molar-refractivity contribution in [1.29, 1.82) is 0 Å². The number of nitrogens with one attached hydrogen (secondary N) is 1. The van der Waals surface area contributed by atoms with Crippen LogP contribution in [0.5, 0.6) is 0 Å².